The van der Waals surface area contributed by atoms with Crippen LogP contribution in [0.25, 0.3) is 10.9 Å². The lowest BCUT2D eigenvalue weighted by molar-refractivity contribution is 1.24. The number of hydrogen-bond donors (Lipinski definition) is 1. The highest BCUT2D eigenvalue weighted by Gasteiger charge is 2.08. The molecule has 0 aliphatic carbocycles. The number of aryl methyl sites for hydroxylation is 2. The average Bonchev–Trinajstić information content (AvgIpc) is 2.42. The zero-order valence-corrected chi connectivity index (χ0v) is 8.57. The number of H-pyrrole nitrogens is 1. The van der Waals surface area contributed by atoms with E-state index in [1.54, 1.807) is 0 Å². The molecule has 1 heterocycles. The van der Waals surface area contributed by atoms with Crippen LogP contribution in [0.5, 0.6) is 0 Å². The fourth-order valence-corrected chi connectivity index (χ4v) is 2.14. The number of aromatic amines is 1. The van der Waals surface area contributed by atoms with Crippen LogP contribution in [0.3, 0.4) is 0 Å². The van der Waals surface area contributed by atoms with E-state index in [-0.39, 0.29) is 0 Å². The summed E-state index contributed by atoms with van der Waals surface area (Å²) in [7, 11) is 0. The molecule has 0 aliphatic rings. The van der Waals surface area contributed by atoms with Crippen molar-refractivity contribution in [2.75, 3.05) is 0 Å². The number of rotatable bonds is 1. The Kier molecular flexibility index (Phi) is 2.04. The second-order valence-corrected chi connectivity index (χ2v) is 3.63. The molecule has 2 aromatic rings. The monoisotopic (exact) mass is 193 g/mol. The van der Waals surface area contributed by atoms with E-state index in [9.17, 15) is 0 Å². The summed E-state index contributed by atoms with van der Waals surface area (Å²) in [5.74, 6) is 0.580. The predicted molar refractivity (Wildman–Crippen MR) is 57.3 cm³/mol. The first-order valence-corrected chi connectivity index (χ1v) is 4.90. The summed E-state index contributed by atoms with van der Waals surface area (Å²) in [6.45, 7) is 4.18. The molecule has 0 saturated heterocycles. The molecule has 0 fully saturated rings. The Morgan fingerprint density at radius 3 is 2.77 bits per heavy atom. The normalized spacial score (nSPS) is 11.0. The molecule has 1 aromatic carbocycles. The highest BCUT2D eigenvalue weighted by atomic mass is 35.5. The smallest absolute Gasteiger partial charge is 0.0498 e. The highest BCUT2D eigenvalue weighted by molar-refractivity contribution is 6.18. The summed E-state index contributed by atoms with van der Waals surface area (Å²) in [4.78, 5) is 3.33. The van der Waals surface area contributed by atoms with Gasteiger partial charge in [-0.05, 0) is 31.0 Å². The second-order valence-electron chi connectivity index (χ2n) is 3.36. The van der Waals surface area contributed by atoms with Gasteiger partial charge in [0.15, 0.2) is 0 Å². The Bertz CT molecular complexity index is 443. The van der Waals surface area contributed by atoms with E-state index in [1.165, 1.54) is 27.7 Å². The minimum atomic E-state index is 0.580. The van der Waals surface area contributed by atoms with Crippen LogP contribution in [-0.2, 0) is 5.88 Å². The molecule has 0 saturated carbocycles. The maximum Gasteiger partial charge on any atom is 0.0498 e. The van der Waals surface area contributed by atoms with Crippen molar-refractivity contribution in [3.63, 3.8) is 0 Å². The summed E-state index contributed by atoms with van der Waals surface area (Å²) in [6, 6.07) is 6.27. The van der Waals surface area contributed by atoms with E-state index in [2.05, 4.69) is 37.0 Å². The minimum Gasteiger partial charge on any atom is -0.358 e. The van der Waals surface area contributed by atoms with Gasteiger partial charge in [0.1, 0.15) is 0 Å². The molecule has 1 N–H and O–H groups in total. The summed E-state index contributed by atoms with van der Waals surface area (Å²) in [6.07, 6.45) is 0. The Morgan fingerprint density at radius 2 is 2.08 bits per heavy atom. The van der Waals surface area contributed by atoms with Crippen LogP contribution < -0.4 is 0 Å². The topological polar surface area (TPSA) is 15.8 Å². The van der Waals surface area contributed by atoms with E-state index in [4.69, 9.17) is 11.6 Å². The summed E-state index contributed by atoms with van der Waals surface area (Å²) in [5.41, 5.74) is 4.89. The molecule has 0 radical (unpaired) electrons. The predicted octanol–water partition coefficient (Wildman–Crippen LogP) is 3.52. The zero-order valence-electron chi connectivity index (χ0n) is 7.82. The average molecular weight is 194 g/mol. The van der Waals surface area contributed by atoms with Gasteiger partial charge in [-0.25, -0.2) is 0 Å². The van der Waals surface area contributed by atoms with Gasteiger partial charge >= 0.3 is 0 Å². The zero-order chi connectivity index (χ0) is 9.42. The Hall–Kier alpha value is -0.950. The molecule has 0 aliphatic heterocycles. The van der Waals surface area contributed by atoms with Crippen LogP contribution >= 0.6 is 11.6 Å². The van der Waals surface area contributed by atoms with E-state index in [0.29, 0.717) is 5.88 Å². The second kappa shape index (κ2) is 3.08. The largest absolute Gasteiger partial charge is 0.358 e. The molecule has 0 unspecified atom stereocenters. The third kappa shape index (κ3) is 1.24. The van der Waals surface area contributed by atoms with Gasteiger partial charge in [-0.15, -0.1) is 11.6 Å². The lowest BCUT2D eigenvalue weighted by Gasteiger charge is -1.98. The van der Waals surface area contributed by atoms with Gasteiger partial charge in [0.25, 0.3) is 0 Å². The van der Waals surface area contributed by atoms with Crippen molar-refractivity contribution in [3.8, 4) is 0 Å². The van der Waals surface area contributed by atoms with Crippen LogP contribution in [0, 0.1) is 13.8 Å². The van der Waals surface area contributed by atoms with E-state index in [0.717, 1.165) is 0 Å². The van der Waals surface area contributed by atoms with Crippen molar-refractivity contribution in [3.05, 3.63) is 35.0 Å². The SMILES string of the molecule is Cc1[nH]c2cccc(C)c2c1CCl. The molecule has 1 nitrogen and oxygen atoms in total. The van der Waals surface area contributed by atoms with Gasteiger partial charge in [-0.1, -0.05) is 12.1 Å². The number of aromatic nitrogens is 1. The van der Waals surface area contributed by atoms with E-state index >= 15 is 0 Å². The minimum absolute atomic E-state index is 0.580. The van der Waals surface area contributed by atoms with E-state index < -0.39 is 0 Å². The standard InChI is InChI=1S/C11H12ClN/c1-7-4-3-5-10-11(7)9(6-12)8(2)13-10/h3-5,13H,6H2,1-2H3. The van der Waals surface area contributed by atoms with Crippen molar-refractivity contribution in [2.24, 2.45) is 0 Å². The first-order valence-electron chi connectivity index (χ1n) is 4.36. The number of halogens is 1. The Balaban J connectivity index is 2.88. The molecule has 0 spiro atoms. The van der Waals surface area contributed by atoms with Crippen molar-refractivity contribution in [1.29, 1.82) is 0 Å². The van der Waals surface area contributed by atoms with Crippen LogP contribution in [0.15, 0.2) is 18.2 Å². The molecule has 2 rings (SSSR count). The van der Waals surface area contributed by atoms with Gasteiger partial charge < -0.3 is 4.98 Å². The van der Waals surface area contributed by atoms with Gasteiger partial charge in [-0.3, -0.25) is 0 Å². The van der Waals surface area contributed by atoms with Gasteiger partial charge in [0.05, 0.1) is 0 Å². The molecule has 68 valence electrons. The number of hydrogen-bond acceptors (Lipinski definition) is 0. The van der Waals surface area contributed by atoms with Crippen LogP contribution in [-0.4, -0.2) is 4.98 Å². The van der Waals surface area contributed by atoms with Crippen LogP contribution in [0.1, 0.15) is 16.8 Å². The molecule has 13 heavy (non-hydrogen) atoms. The summed E-state index contributed by atoms with van der Waals surface area (Å²) >= 11 is 5.90. The van der Waals surface area contributed by atoms with Crippen molar-refractivity contribution < 1.29 is 0 Å². The molecule has 0 bridgehead atoms. The molecular weight excluding hydrogens is 182 g/mol. The third-order valence-electron chi connectivity index (χ3n) is 2.48. The molecule has 1 aromatic heterocycles. The summed E-state index contributed by atoms with van der Waals surface area (Å²) < 4.78 is 0. The van der Waals surface area contributed by atoms with Gasteiger partial charge in [0, 0.05) is 22.5 Å². The first-order chi connectivity index (χ1) is 6.24. The molecule has 0 atom stereocenters. The van der Waals surface area contributed by atoms with Gasteiger partial charge in [-0.2, -0.15) is 0 Å². The maximum atomic E-state index is 5.90. The quantitative estimate of drug-likeness (QED) is 0.667. The highest BCUT2D eigenvalue weighted by Crippen LogP contribution is 2.26. The third-order valence-corrected chi connectivity index (χ3v) is 2.75. The number of nitrogens with one attached hydrogen (secondary N) is 1. The van der Waals surface area contributed by atoms with Crippen LogP contribution in [0.2, 0.25) is 0 Å². The lowest BCUT2D eigenvalue weighted by Crippen LogP contribution is -1.80. The molecule has 0 amide bonds. The van der Waals surface area contributed by atoms with E-state index in [1.807, 2.05) is 0 Å². The first kappa shape index (κ1) is 8.64. The summed E-state index contributed by atoms with van der Waals surface area (Å²) in [5, 5.41) is 1.29. The lowest BCUT2D eigenvalue weighted by atomic mass is 10.1. The van der Waals surface area contributed by atoms with Crippen molar-refractivity contribution >= 4 is 22.5 Å². The molecule has 2 heteroatoms. The fourth-order valence-electron chi connectivity index (χ4n) is 1.80. The fraction of sp³-hybridized carbons (Fsp3) is 0.273. The number of fused-ring (bicyclic) bond motifs is 1. The van der Waals surface area contributed by atoms with Crippen molar-refractivity contribution in [2.45, 2.75) is 19.7 Å². The molecular formula is C11H12ClN. The van der Waals surface area contributed by atoms with Gasteiger partial charge in [0.2, 0.25) is 0 Å². The number of alkyl halides is 1. The van der Waals surface area contributed by atoms with Crippen LogP contribution in [0.4, 0.5) is 0 Å². The Labute approximate surface area is 82.7 Å². The number of benzene rings is 1. The van der Waals surface area contributed by atoms with Crippen molar-refractivity contribution in [1.82, 2.24) is 4.98 Å². The maximum absolute atomic E-state index is 5.90. The Morgan fingerprint density at radius 1 is 1.31 bits per heavy atom.